The summed E-state index contributed by atoms with van der Waals surface area (Å²) in [4.78, 5) is 0. The highest BCUT2D eigenvalue weighted by Gasteiger charge is 1.96. The van der Waals surface area contributed by atoms with E-state index in [0.717, 1.165) is 12.8 Å². The minimum Gasteiger partial charge on any atom is -0.785 e. The van der Waals surface area contributed by atoms with Gasteiger partial charge < -0.3 is 10.3 Å². The molecular formula is C18H30NO-. The van der Waals surface area contributed by atoms with Crippen molar-refractivity contribution in [3.8, 4) is 0 Å². The van der Waals surface area contributed by atoms with E-state index in [1.807, 2.05) is 18.2 Å². The molecule has 1 aromatic rings. The lowest BCUT2D eigenvalue weighted by Gasteiger charge is -2.28. The maximum Gasteiger partial charge on any atom is -0.0103 e. The van der Waals surface area contributed by atoms with E-state index in [1.54, 1.807) is 0 Å². The SMILES string of the molecule is CCCCCCCCCCN([O-])CCc1ccccc1. The Morgan fingerprint density at radius 1 is 0.800 bits per heavy atom. The van der Waals surface area contributed by atoms with Gasteiger partial charge in [-0.1, -0.05) is 82.2 Å². The molecule has 0 radical (unpaired) electrons. The molecule has 0 aromatic heterocycles. The highest BCUT2D eigenvalue weighted by atomic mass is 16.5. The summed E-state index contributed by atoms with van der Waals surface area (Å²) in [6, 6.07) is 10.2. The highest BCUT2D eigenvalue weighted by molar-refractivity contribution is 5.14. The Bertz CT molecular complexity index is 312. The maximum atomic E-state index is 11.7. The fourth-order valence-corrected chi connectivity index (χ4v) is 2.43. The number of hydrogen-bond acceptors (Lipinski definition) is 2. The molecule has 0 aliphatic heterocycles. The molecular weight excluding hydrogens is 246 g/mol. The van der Waals surface area contributed by atoms with Crippen molar-refractivity contribution in [3.63, 3.8) is 0 Å². The lowest BCUT2D eigenvalue weighted by Crippen LogP contribution is -2.20. The third-order valence-electron chi connectivity index (χ3n) is 3.75. The van der Waals surface area contributed by atoms with Crippen molar-refractivity contribution in [2.45, 2.75) is 64.7 Å². The van der Waals surface area contributed by atoms with Crippen LogP contribution in [-0.2, 0) is 6.42 Å². The second-order valence-corrected chi connectivity index (χ2v) is 5.64. The van der Waals surface area contributed by atoms with Gasteiger partial charge in [0.1, 0.15) is 0 Å². The normalized spacial score (nSPS) is 11.2. The van der Waals surface area contributed by atoms with Gasteiger partial charge in [-0.3, -0.25) is 0 Å². The van der Waals surface area contributed by atoms with Gasteiger partial charge in [-0.05, 0) is 31.5 Å². The molecule has 2 heteroatoms. The van der Waals surface area contributed by atoms with Crippen molar-refractivity contribution in [2.75, 3.05) is 13.1 Å². The molecule has 1 rings (SSSR count). The van der Waals surface area contributed by atoms with Crippen LogP contribution in [-0.4, -0.2) is 18.2 Å². The average Bonchev–Trinajstić information content (AvgIpc) is 2.49. The summed E-state index contributed by atoms with van der Waals surface area (Å²) < 4.78 is 0. The fraction of sp³-hybridized carbons (Fsp3) is 0.667. The number of benzene rings is 1. The van der Waals surface area contributed by atoms with Crippen LogP contribution in [0.2, 0.25) is 0 Å². The van der Waals surface area contributed by atoms with Crippen LogP contribution in [0.5, 0.6) is 0 Å². The molecule has 0 fully saturated rings. The van der Waals surface area contributed by atoms with Crippen LogP contribution in [0.1, 0.15) is 63.9 Å². The molecule has 0 aliphatic carbocycles. The summed E-state index contributed by atoms with van der Waals surface area (Å²) in [5.41, 5.74) is 1.25. The first-order valence-electron chi connectivity index (χ1n) is 8.29. The Morgan fingerprint density at radius 2 is 1.40 bits per heavy atom. The maximum absolute atomic E-state index is 11.7. The topological polar surface area (TPSA) is 26.3 Å². The highest BCUT2D eigenvalue weighted by Crippen LogP contribution is 2.09. The van der Waals surface area contributed by atoms with Crippen LogP contribution >= 0.6 is 0 Å². The molecule has 20 heavy (non-hydrogen) atoms. The van der Waals surface area contributed by atoms with Gasteiger partial charge in [-0.15, -0.1) is 0 Å². The van der Waals surface area contributed by atoms with Crippen LogP contribution in [0.3, 0.4) is 0 Å². The van der Waals surface area contributed by atoms with Gasteiger partial charge >= 0.3 is 0 Å². The van der Waals surface area contributed by atoms with Crippen LogP contribution < -0.4 is 0 Å². The van der Waals surface area contributed by atoms with E-state index in [1.165, 1.54) is 55.6 Å². The van der Waals surface area contributed by atoms with E-state index in [0.29, 0.717) is 13.1 Å². The molecule has 0 heterocycles. The first-order chi connectivity index (χ1) is 9.83. The Labute approximate surface area is 124 Å². The number of unbranched alkanes of at least 4 members (excludes halogenated alkanes) is 7. The third kappa shape index (κ3) is 9.11. The second-order valence-electron chi connectivity index (χ2n) is 5.64. The summed E-state index contributed by atoms with van der Waals surface area (Å²) in [5.74, 6) is 0. The first-order valence-corrected chi connectivity index (χ1v) is 8.29. The van der Waals surface area contributed by atoms with Crippen molar-refractivity contribution in [2.24, 2.45) is 0 Å². The van der Waals surface area contributed by atoms with Crippen molar-refractivity contribution < 1.29 is 0 Å². The Balaban J connectivity index is 1.91. The molecule has 0 aliphatic rings. The molecule has 0 spiro atoms. The van der Waals surface area contributed by atoms with Crippen LogP contribution in [0.15, 0.2) is 30.3 Å². The molecule has 0 bridgehead atoms. The van der Waals surface area contributed by atoms with Gasteiger partial charge in [0.05, 0.1) is 0 Å². The zero-order chi connectivity index (χ0) is 14.5. The quantitative estimate of drug-likeness (QED) is 0.389. The zero-order valence-corrected chi connectivity index (χ0v) is 13.0. The minimum absolute atomic E-state index is 0.626. The van der Waals surface area contributed by atoms with E-state index in [-0.39, 0.29) is 0 Å². The summed E-state index contributed by atoms with van der Waals surface area (Å²) in [5, 5.41) is 12.9. The number of hydroxylamine groups is 2. The molecule has 114 valence electrons. The summed E-state index contributed by atoms with van der Waals surface area (Å²) in [7, 11) is 0. The van der Waals surface area contributed by atoms with Gasteiger partial charge in [0.15, 0.2) is 0 Å². The molecule has 0 amide bonds. The summed E-state index contributed by atoms with van der Waals surface area (Å²) in [6.07, 6.45) is 11.2. The van der Waals surface area contributed by atoms with E-state index >= 15 is 0 Å². The molecule has 1 aromatic carbocycles. The number of hydrogen-bond donors (Lipinski definition) is 0. The van der Waals surface area contributed by atoms with Crippen LogP contribution in [0.4, 0.5) is 0 Å². The zero-order valence-electron chi connectivity index (χ0n) is 13.0. The lowest BCUT2D eigenvalue weighted by molar-refractivity contribution is 0.366. The average molecular weight is 276 g/mol. The monoisotopic (exact) mass is 276 g/mol. The third-order valence-corrected chi connectivity index (χ3v) is 3.75. The van der Waals surface area contributed by atoms with Crippen molar-refractivity contribution >= 4 is 0 Å². The molecule has 0 saturated heterocycles. The molecule has 0 N–H and O–H groups in total. The van der Waals surface area contributed by atoms with Gasteiger partial charge in [0, 0.05) is 0 Å². The smallest absolute Gasteiger partial charge is 0.0103 e. The first kappa shape index (κ1) is 17.2. The molecule has 0 atom stereocenters. The minimum atomic E-state index is 0.626. The van der Waals surface area contributed by atoms with Gasteiger partial charge in [0.25, 0.3) is 0 Å². The molecule has 0 saturated carbocycles. The summed E-state index contributed by atoms with van der Waals surface area (Å²) in [6.45, 7) is 3.57. The van der Waals surface area contributed by atoms with Crippen molar-refractivity contribution in [1.82, 2.24) is 5.06 Å². The molecule has 2 nitrogen and oxygen atoms in total. The van der Waals surface area contributed by atoms with E-state index in [2.05, 4.69) is 19.1 Å². The summed E-state index contributed by atoms with van der Waals surface area (Å²) >= 11 is 0. The van der Waals surface area contributed by atoms with E-state index < -0.39 is 0 Å². The number of rotatable bonds is 12. The fourth-order valence-electron chi connectivity index (χ4n) is 2.43. The van der Waals surface area contributed by atoms with E-state index in [4.69, 9.17) is 0 Å². The Kier molecular flexibility index (Phi) is 10.3. The Morgan fingerprint density at radius 3 is 2.05 bits per heavy atom. The van der Waals surface area contributed by atoms with Crippen LogP contribution in [0.25, 0.3) is 0 Å². The standard InChI is InChI=1S/C18H30NO/c1-2-3-4-5-6-7-8-12-16-19(20)17-15-18-13-10-9-11-14-18/h9-11,13-14H,2-8,12,15-17H2,1H3/q-1. The second kappa shape index (κ2) is 11.9. The van der Waals surface area contributed by atoms with Gasteiger partial charge in [-0.25, -0.2) is 0 Å². The largest absolute Gasteiger partial charge is 0.785 e. The van der Waals surface area contributed by atoms with Crippen molar-refractivity contribution in [1.29, 1.82) is 0 Å². The number of nitrogens with zero attached hydrogens (tertiary/aromatic N) is 1. The molecule has 0 unspecified atom stereocenters. The van der Waals surface area contributed by atoms with E-state index in [9.17, 15) is 5.21 Å². The van der Waals surface area contributed by atoms with Crippen LogP contribution in [0, 0.1) is 5.21 Å². The predicted octanol–water partition coefficient (Wildman–Crippen LogP) is 5.17. The predicted molar refractivity (Wildman–Crippen MR) is 87.7 cm³/mol. The van der Waals surface area contributed by atoms with Gasteiger partial charge in [-0.2, -0.15) is 0 Å². The van der Waals surface area contributed by atoms with Gasteiger partial charge in [0.2, 0.25) is 0 Å². The van der Waals surface area contributed by atoms with Crippen molar-refractivity contribution in [3.05, 3.63) is 41.1 Å². The lowest BCUT2D eigenvalue weighted by atomic mass is 10.1. The Hall–Kier alpha value is -0.860.